The van der Waals surface area contributed by atoms with E-state index in [0.717, 1.165) is 0 Å². The zero-order valence-electron chi connectivity index (χ0n) is 9.13. The zero-order valence-corrected chi connectivity index (χ0v) is 9.13. The first-order valence-electron chi connectivity index (χ1n) is 5.02. The van der Waals surface area contributed by atoms with Gasteiger partial charge in [-0.15, -0.1) is 0 Å². The second-order valence-electron chi connectivity index (χ2n) is 3.49. The van der Waals surface area contributed by atoms with E-state index in [2.05, 4.69) is 14.7 Å². The highest BCUT2D eigenvalue weighted by Gasteiger charge is 2.11. The van der Waals surface area contributed by atoms with Crippen LogP contribution in [0.5, 0.6) is 5.75 Å². The lowest BCUT2D eigenvalue weighted by molar-refractivity contribution is 0.188. The van der Waals surface area contributed by atoms with E-state index in [1.165, 1.54) is 31.5 Å². The van der Waals surface area contributed by atoms with Crippen molar-refractivity contribution in [2.24, 2.45) is 0 Å². The van der Waals surface area contributed by atoms with Crippen molar-refractivity contribution in [3.05, 3.63) is 41.8 Å². The Hall–Kier alpha value is -1.95. The molecule has 0 amide bonds. The highest BCUT2D eigenvalue weighted by atomic mass is 19.1. The van der Waals surface area contributed by atoms with E-state index >= 15 is 0 Å². The summed E-state index contributed by atoms with van der Waals surface area (Å²) in [7, 11) is 0. The number of benzene rings is 1. The molecule has 1 atom stereocenters. The molecule has 0 spiro atoms. The number of nitrogens with zero attached hydrogens (tertiary/aromatic N) is 2. The van der Waals surface area contributed by atoms with E-state index in [4.69, 9.17) is 4.74 Å². The van der Waals surface area contributed by atoms with Gasteiger partial charge in [0.1, 0.15) is 11.6 Å². The molecule has 17 heavy (non-hydrogen) atoms. The smallest absolute Gasteiger partial charge is 0.213 e. The number of hydrogen-bond donors (Lipinski definition) is 1. The van der Waals surface area contributed by atoms with Gasteiger partial charge in [-0.2, -0.15) is 4.98 Å². The minimum Gasteiger partial charge on any atom is -0.485 e. The predicted molar refractivity (Wildman–Crippen MR) is 55.7 cm³/mol. The first kappa shape index (κ1) is 11.5. The average molecular weight is 238 g/mol. The summed E-state index contributed by atoms with van der Waals surface area (Å²) in [6.07, 6.45) is 0.379. The van der Waals surface area contributed by atoms with Crippen LogP contribution in [0.2, 0.25) is 0 Å². The molecule has 0 aliphatic carbocycles. The summed E-state index contributed by atoms with van der Waals surface area (Å²) >= 11 is 0. The summed E-state index contributed by atoms with van der Waals surface area (Å²) in [5.74, 6) is 0.352. The van der Waals surface area contributed by atoms with Gasteiger partial charge in [-0.1, -0.05) is 5.16 Å². The molecule has 5 nitrogen and oxygen atoms in total. The van der Waals surface area contributed by atoms with Crippen LogP contribution in [0, 0.1) is 5.82 Å². The molecule has 1 aromatic carbocycles. The molecular weight excluding hydrogens is 227 g/mol. The summed E-state index contributed by atoms with van der Waals surface area (Å²) in [6, 6.07) is 3.95. The lowest BCUT2D eigenvalue weighted by atomic mass is 10.1. The van der Waals surface area contributed by atoms with Gasteiger partial charge >= 0.3 is 0 Å². The fraction of sp³-hybridized carbons (Fsp3) is 0.273. The third-order valence-electron chi connectivity index (χ3n) is 2.19. The summed E-state index contributed by atoms with van der Waals surface area (Å²) in [5.41, 5.74) is 0.383. The van der Waals surface area contributed by atoms with E-state index in [-0.39, 0.29) is 6.61 Å². The topological polar surface area (TPSA) is 68.4 Å². The molecule has 0 aliphatic heterocycles. The van der Waals surface area contributed by atoms with Crippen LogP contribution >= 0.6 is 0 Å². The number of aromatic nitrogens is 2. The molecule has 0 saturated heterocycles. The highest BCUT2D eigenvalue weighted by molar-refractivity contribution is 5.35. The fourth-order valence-electron chi connectivity index (χ4n) is 1.38. The molecule has 0 saturated carbocycles. The van der Waals surface area contributed by atoms with Crippen molar-refractivity contribution >= 4 is 0 Å². The highest BCUT2D eigenvalue weighted by Crippen LogP contribution is 2.26. The van der Waals surface area contributed by atoms with Gasteiger partial charge in [0.05, 0.1) is 6.10 Å². The quantitative estimate of drug-likeness (QED) is 0.880. The SMILES string of the molecule is C[C@@H](O)c1cc(F)ccc1OCc1ncon1. The third-order valence-corrected chi connectivity index (χ3v) is 2.19. The average Bonchev–Trinajstić information content (AvgIpc) is 2.80. The second kappa shape index (κ2) is 4.92. The molecule has 0 radical (unpaired) electrons. The molecule has 1 aromatic heterocycles. The van der Waals surface area contributed by atoms with Gasteiger partial charge in [-0.25, -0.2) is 4.39 Å². The van der Waals surface area contributed by atoms with Crippen molar-refractivity contribution in [3.8, 4) is 5.75 Å². The van der Waals surface area contributed by atoms with Crippen molar-refractivity contribution in [3.63, 3.8) is 0 Å². The Kier molecular flexibility index (Phi) is 3.34. The maximum Gasteiger partial charge on any atom is 0.213 e. The van der Waals surface area contributed by atoms with E-state index < -0.39 is 11.9 Å². The third kappa shape index (κ3) is 2.79. The predicted octanol–water partition coefficient (Wildman–Crippen LogP) is 1.84. The Morgan fingerprint density at radius 3 is 3.00 bits per heavy atom. The molecule has 0 fully saturated rings. The van der Waals surface area contributed by atoms with Crippen molar-refractivity contribution in [2.45, 2.75) is 19.6 Å². The maximum absolute atomic E-state index is 13.0. The standard InChI is InChI=1S/C11H11FN2O3/c1-7(15)9-4-8(12)2-3-10(9)16-5-11-13-6-17-14-11/h2-4,6-7,15H,5H2,1H3/t7-/m1/s1. The molecule has 1 N–H and O–H groups in total. The first-order chi connectivity index (χ1) is 8.16. The van der Waals surface area contributed by atoms with Gasteiger partial charge in [0.25, 0.3) is 0 Å². The molecule has 6 heteroatoms. The monoisotopic (exact) mass is 238 g/mol. The van der Waals surface area contributed by atoms with Crippen LogP contribution < -0.4 is 4.74 Å². The van der Waals surface area contributed by atoms with E-state index in [0.29, 0.717) is 17.1 Å². The largest absolute Gasteiger partial charge is 0.485 e. The van der Waals surface area contributed by atoms with Gasteiger partial charge in [-0.3, -0.25) is 0 Å². The van der Waals surface area contributed by atoms with Crippen LogP contribution in [0.15, 0.2) is 29.1 Å². The molecular formula is C11H11FN2O3. The Morgan fingerprint density at radius 1 is 1.53 bits per heavy atom. The normalized spacial score (nSPS) is 12.4. The van der Waals surface area contributed by atoms with Gasteiger partial charge in [0.15, 0.2) is 6.61 Å². The van der Waals surface area contributed by atoms with Gasteiger partial charge in [0.2, 0.25) is 12.2 Å². The van der Waals surface area contributed by atoms with Crippen molar-refractivity contribution < 1.29 is 18.8 Å². The van der Waals surface area contributed by atoms with Crippen LogP contribution in [-0.2, 0) is 6.61 Å². The number of aliphatic hydroxyl groups is 1. The summed E-state index contributed by atoms with van der Waals surface area (Å²) in [4.78, 5) is 3.78. The van der Waals surface area contributed by atoms with E-state index in [1.54, 1.807) is 0 Å². The molecule has 1 heterocycles. The first-order valence-corrected chi connectivity index (χ1v) is 5.02. The number of ether oxygens (including phenoxy) is 1. The van der Waals surface area contributed by atoms with E-state index in [9.17, 15) is 9.50 Å². The molecule has 2 aromatic rings. The van der Waals surface area contributed by atoms with Crippen molar-refractivity contribution in [1.29, 1.82) is 0 Å². The molecule has 0 aliphatic rings. The number of halogens is 1. The minimum absolute atomic E-state index is 0.0991. The van der Waals surface area contributed by atoms with Crippen LogP contribution in [0.3, 0.4) is 0 Å². The fourth-order valence-corrected chi connectivity index (χ4v) is 1.38. The Balaban J connectivity index is 2.14. The summed E-state index contributed by atoms with van der Waals surface area (Å²) < 4.78 is 23.0. The lowest BCUT2D eigenvalue weighted by Crippen LogP contribution is -2.02. The van der Waals surface area contributed by atoms with Crippen LogP contribution in [0.1, 0.15) is 24.4 Å². The molecule has 0 bridgehead atoms. The molecule has 2 rings (SSSR count). The zero-order chi connectivity index (χ0) is 12.3. The summed E-state index contributed by atoms with van der Waals surface area (Å²) in [6.45, 7) is 1.64. The summed E-state index contributed by atoms with van der Waals surface area (Å²) in [5, 5.41) is 13.1. The lowest BCUT2D eigenvalue weighted by Gasteiger charge is -2.12. The number of rotatable bonds is 4. The van der Waals surface area contributed by atoms with Gasteiger partial charge in [-0.05, 0) is 25.1 Å². The van der Waals surface area contributed by atoms with Crippen molar-refractivity contribution in [2.75, 3.05) is 0 Å². The Labute approximate surface area is 96.8 Å². The van der Waals surface area contributed by atoms with Crippen LogP contribution in [0.4, 0.5) is 4.39 Å². The van der Waals surface area contributed by atoms with Crippen LogP contribution in [-0.4, -0.2) is 15.2 Å². The maximum atomic E-state index is 13.0. The Bertz CT molecular complexity index is 485. The second-order valence-corrected chi connectivity index (χ2v) is 3.49. The molecule has 90 valence electrons. The van der Waals surface area contributed by atoms with Gasteiger partial charge < -0.3 is 14.4 Å². The van der Waals surface area contributed by atoms with E-state index in [1.807, 2.05) is 0 Å². The number of aliphatic hydroxyl groups excluding tert-OH is 1. The van der Waals surface area contributed by atoms with Crippen LogP contribution in [0.25, 0.3) is 0 Å². The number of hydrogen-bond acceptors (Lipinski definition) is 5. The van der Waals surface area contributed by atoms with Crippen molar-refractivity contribution in [1.82, 2.24) is 10.1 Å². The molecule has 0 unspecified atom stereocenters. The minimum atomic E-state index is -0.814. The van der Waals surface area contributed by atoms with Gasteiger partial charge in [0, 0.05) is 5.56 Å². The Morgan fingerprint density at radius 2 is 2.35 bits per heavy atom.